The smallest absolute Gasteiger partial charge is 0.254 e. The van der Waals surface area contributed by atoms with E-state index in [2.05, 4.69) is 0 Å². The summed E-state index contributed by atoms with van der Waals surface area (Å²) in [5.74, 6) is 0.474. The highest BCUT2D eigenvalue weighted by Gasteiger charge is 2.24. The SMILES string of the molecule is CCN(Cc1ccc(OCc2ccccc2)cc1)C(=O)c1ccc(Cl)c(S(=O)(=O)N(C)C)c1. The van der Waals surface area contributed by atoms with E-state index >= 15 is 0 Å². The van der Waals surface area contributed by atoms with Crippen molar-refractivity contribution in [2.24, 2.45) is 0 Å². The van der Waals surface area contributed by atoms with Crippen molar-refractivity contribution in [2.45, 2.75) is 25.0 Å². The molecular formula is C25H27ClN2O4S. The number of hydrogen-bond acceptors (Lipinski definition) is 4. The van der Waals surface area contributed by atoms with E-state index in [1.165, 1.54) is 26.2 Å². The third kappa shape index (κ3) is 6.13. The minimum atomic E-state index is -3.77. The lowest BCUT2D eigenvalue weighted by molar-refractivity contribution is 0.0752. The van der Waals surface area contributed by atoms with Gasteiger partial charge >= 0.3 is 0 Å². The first-order valence-corrected chi connectivity index (χ1v) is 12.3. The highest BCUT2D eigenvalue weighted by Crippen LogP contribution is 2.26. The minimum absolute atomic E-state index is 0.0781. The molecule has 0 unspecified atom stereocenters. The zero-order valence-corrected chi connectivity index (χ0v) is 20.4. The van der Waals surface area contributed by atoms with Crippen molar-refractivity contribution < 1.29 is 17.9 Å². The Morgan fingerprint density at radius 1 is 0.939 bits per heavy atom. The molecule has 0 aliphatic carbocycles. The number of benzene rings is 3. The average molecular weight is 487 g/mol. The topological polar surface area (TPSA) is 66.9 Å². The van der Waals surface area contributed by atoms with Crippen LogP contribution in [0.2, 0.25) is 5.02 Å². The van der Waals surface area contributed by atoms with Gasteiger partial charge in [0, 0.05) is 32.7 Å². The van der Waals surface area contributed by atoms with Crippen LogP contribution >= 0.6 is 11.6 Å². The molecule has 0 bridgehead atoms. The fraction of sp³-hybridized carbons (Fsp3) is 0.240. The van der Waals surface area contributed by atoms with Gasteiger partial charge in [0.05, 0.1) is 5.02 Å². The molecule has 0 fully saturated rings. The third-order valence-corrected chi connectivity index (χ3v) is 7.45. The molecule has 0 aliphatic rings. The van der Waals surface area contributed by atoms with E-state index in [1.807, 2.05) is 61.5 Å². The number of hydrogen-bond donors (Lipinski definition) is 0. The molecule has 0 saturated heterocycles. The first kappa shape index (κ1) is 24.8. The van der Waals surface area contributed by atoms with Gasteiger partial charge in [-0.15, -0.1) is 0 Å². The number of rotatable bonds is 9. The maximum absolute atomic E-state index is 13.1. The summed E-state index contributed by atoms with van der Waals surface area (Å²) in [5, 5.41) is 0.0781. The standard InChI is InChI=1S/C25H27ClN2O4S/c1-4-28(25(29)21-12-15-23(26)24(16-21)33(30,31)27(2)3)17-19-10-13-22(14-11-19)32-18-20-8-6-5-7-9-20/h5-16H,4,17-18H2,1-3H3. The van der Waals surface area contributed by atoms with E-state index in [-0.39, 0.29) is 21.4 Å². The Hall–Kier alpha value is -2.87. The van der Waals surface area contributed by atoms with Crippen molar-refractivity contribution in [2.75, 3.05) is 20.6 Å². The molecule has 0 aliphatic heterocycles. The molecule has 0 atom stereocenters. The minimum Gasteiger partial charge on any atom is -0.489 e. The van der Waals surface area contributed by atoms with Crippen LogP contribution in [0.25, 0.3) is 0 Å². The Kier molecular flexibility index (Phi) is 8.13. The van der Waals surface area contributed by atoms with E-state index in [9.17, 15) is 13.2 Å². The van der Waals surface area contributed by atoms with Gasteiger partial charge in [-0.05, 0) is 48.4 Å². The van der Waals surface area contributed by atoms with Crippen molar-refractivity contribution in [3.63, 3.8) is 0 Å². The Morgan fingerprint density at radius 2 is 1.61 bits per heavy atom. The third-order valence-electron chi connectivity index (χ3n) is 5.15. The summed E-state index contributed by atoms with van der Waals surface area (Å²) in [6, 6.07) is 21.8. The van der Waals surface area contributed by atoms with Crippen LogP contribution in [0, 0.1) is 0 Å². The summed E-state index contributed by atoms with van der Waals surface area (Å²) in [5.41, 5.74) is 2.29. The molecule has 1 amide bonds. The van der Waals surface area contributed by atoms with Crippen LogP contribution in [-0.2, 0) is 23.2 Å². The summed E-state index contributed by atoms with van der Waals surface area (Å²) in [7, 11) is -0.924. The van der Waals surface area contributed by atoms with Crippen LogP contribution < -0.4 is 4.74 Å². The van der Waals surface area contributed by atoms with Crippen LogP contribution in [0.15, 0.2) is 77.7 Å². The lowest BCUT2D eigenvalue weighted by atomic mass is 10.1. The maximum atomic E-state index is 13.1. The van der Waals surface area contributed by atoms with E-state index in [0.29, 0.717) is 19.7 Å². The molecule has 174 valence electrons. The molecule has 8 heteroatoms. The second kappa shape index (κ2) is 10.8. The Labute approximate surface area is 200 Å². The lowest BCUT2D eigenvalue weighted by Crippen LogP contribution is -2.30. The summed E-state index contributed by atoms with van der Waals surface area (Å²) in [6.07, 6.45) is 0. The first-order chi connectivity index (χ1) is 15.7. The van der Waals surface area contributed by atoms with Crippen LogP contribution in [0.5, 0.6) is 5.75 Å². The summed E-state index contributed by atoms with van der Waals surface area (Å²) in [6.45, 7) is 3.20. The van der Waals surface area contributed by atoms with Gasteiger partial charge in [-0.2, -0.15) is 0 Å². The molecule has 0 aromatic heterocycles. The lowest BCUT2D eigenvalue weighted by Gasteiger charge is -2.22. The van der Waals surface area contributed by atoms with E-state index in [1.54, 1.807) is 11.0 Å². The van der Waals surface area contributed by atoms with Crippen LogP contribution in [-0.4, -0.2) is 44.2 Å². The van der Waals surface area contributed by atoms with Gasteiger partial charge in [0.1, 0.15) is 17.3 Å². The zero-order chi connectivity index (χ0) is 24.0. The van der Waals surface area contributed by atoms with Gasteiger partial charge in [-0.1, -0.05) is 54.1 Å². The Bertz CT molecular complexity index is 1200. The summed E-state index contributed by atoms with van der Waals surface area (Å²) >= 11 is 6.11. The van der Waals surface area contributed by atoms with E-state index < -0.39 is 10.0 Å². The second-order valence-electron chi connectivity index (χ2n) is 7.67. The number of nitrogens with zero attached hydrogens (tertiary/aromatic N) is 2. The van der Waals surface area contributed by atoms with Crippen molar-refractivity contribution in [1.29, 1.82) is 0 Å². The normalized spacial score (nSPS) is 11.4. The van der Waals surface area contributed by atoms with Crippen LogP contribution in [0.1, 0.15) is 28.4 Å². The van der Waals surface area contributed by atoms with Gasteiger partial charge in [0.25, 0.3) is 5.91 Å². The van der Waals surface area contributed by atoms with Crippen molar-refractivity contribution >= 4 is 27.5 Å². The molecule has 33 heavy (non-hydrogen) atoms. The highest BCUT2D eigenvalue weighted by atomic mass is 35.5. The Morgan fingerprint density at radius 3 is 2.21 bits per heavy atom. The fourth-order valence-electron chi connectivity index (χ4n) is 3.19. The number of sulfonamides is 1. The maximum Gasteiger partial charge on any atom is 0.254 e. The number of carbonyl (C=O) groups excluding carboxylic acids is 1. The van der Waals surface area contributed by atoms with Gasteiger partial charge in [-0.25, -0.2) is 12.7 Å². The van der Waals surface area contributed by atoms with Crippen molar-refractivity contribution in [3.8, 4) is 5.75 Å². The number of carbonyl (C=O) groups is 1. The van der Waals surface area contributed by atoms with E-state index in [0.717, 1.165) is 21.2 Å². The average Bonchev–Trinajstić information content (AvgIpc) is 2.82. The summed E-state index contributed by atoms with van der Waals surface area (Å²) < 4.78 is 32.0. The molecule has 0 N–H and O–H groups in total. The number of halogens is 1. The molecule has 0 heterocycles. The number of amides is 1. The molecule has 3 rings (SSSR count). The summed E-state index contributed by atoms with van der Waals surface area (Å²) in [4.78, 5) is 14.7. The van der Waals surface area contributed by atoms with Crippen LogP contribution in [0.3, 0.4) is 0 Å². The molecule has 3 aromatic carbocycles. The molecule has 3 aromatic rings. The predicted molar refractivity (Wildman–Crippen MR) is 130 cm³/mol. The second-order valence-corrected chi connectivity index (χ2v) is 10.2. The van der Waals surface area contributed by atoms with Gasteiger partial charge in [0.15, 0.2) is 0 Å². The molecular weight excluding hydrogens is 460 g/mol. The molecule has 0 spiro atoms. The molecule has 6 nitrogen and oxygen atoms in total. The monoisotopic (exact) mass is 486 g/mol. The van der Waals surface area contributed by atoms with Crippen LogP contribution in [0.4, 0.5) is 0 Å². The largest absolute Gasteiger partial charge is 0.489 e. The number of ether oxygens (including phenoxy) is 1. The van der Waals surface area contributed by atoms with Crippen molar-refractivity contribution in [1.82, 2.24) is 9.21 Å². The van der Waals surface area contributed by atoms with Crippen molar-refractivity contribution in [3.05, 3.63) is 94.5 Å². The molecule has 0 saturated carbocycles. The van der Waals surface area contributed by atoms with Gasteiger partial charge in [-0.3, -0.25) is 4.79 Å². The zero-order valence-electron chi connectivity index (χ0n) is 18.9. The van der Waals surface area contributed by atoms with Gasteiger partial charge < -0.3 is 9.64 Å². The quantitative estimate of drug-likeness (QED) is 0.434. The predicted octanol–water partition coefficient (Wildman–Crippen LogP) is 4.83. The highest BCUT2D eigenvalue weighted by molar-refractivity contribution is 7.89. The van der Waals surface area contributed by atoms with Gasteiger partial charge in [0.2, 0.25) is 10.0 Å². The fourth-order valence-corrected chi connectivity index (χ4v) is 4.59. The molecule has 0 radical (unpaired) electrons. The Balaban J connectivity index is 1.71. The van der Waals surface area contributed by atoms with E-state index in [4.69, 9.17) is 16.3 Å². The first-order valence-electron chi connectivity index (χ1n) is 10.5.